The van der Waals surface area contributed by atoms with Crippen molar-refractivity contribution in [1.29, 1.82) is 0 Å². The number of thiophene rings is 1. The number of esters is 1. The number of rotatable bonds is 7. The molecule has 2 amide bonds. The Hall–Kier alpha value is -2.87. The average molecular weight is 431 g/mol. The Labute approximate surface area is 180 Å². The number of amides is 2. The van der Waals surface area contributed by atoms with Crippen molar-refractivity contribution < 1.29 is 23.9 Å². The van der Waals surface area contributed by atoms with Crippen LogP contribution in [0.5, 0.6) is 5.75 Å². The first kappa shape index (κ1) is 21.8. The van der Waals surface area contributed by atoms with E-state index in [0.717, 1.165) is 23.3 Å². The lowest BCUT2D eigenvalue weighted by Gasteiger charge is -2.25. The molecule has 0 bridgehead atoms. The summed E-state index contributed by atoms with van der Waals surface area (Å²) in [6.45, 7) is 5.23. The summed E-state index contributed by atoms with van der Waals surface area (Å²) in [7, 11) is 1.32. The van der Waals surface area contributed by atoms with Crippen LogP contribution in [0.2, 0.25) is 0 Å². The molecular formula is C22H26N2O5S. The molecule has 8 heteroatoms. The Bertz CT molecular complexity index is 936. The first-order valence-electron chi connectivity index (χ1n) is 9.97. The van der Waals surface area contributed by atoms with Crippen molar-refractivity contribution in [3.63, 3.8) is 0 Å². The van der Waals surface area contributed by atoms with E-state index < -0.39 is 5.97 Å². The molecule has 30 heavy (non-hydrogen) atoms. The lowest BCUT2D eigenvalue weighted by molar-refractivity contribution is -0.129. The minimum absolute atomic E-state index is 0.0134. The van der Waals surface area contributed by atoms with Gasteiger partial charge in [0, 0.05) is 23.9 Å². The molecule has 0 aliphatic carbocycles. The van der Waals surface area contributed by atoms with Crippen molar-refractivity contribution in [2.75, 3.05) is 25.6 Å². The Kier molecular flexibility index (Phi) is 7.10. The molecule has 1 N–H and O–H groups in total. The van der Waals surface area contributed by atoms with Gasteiger partial charge in [0.15, 0.2) is 0 Å². The van der Waals surface area contributed by atoms with Gasteiger partial charge >= 0.3 is 5.97 Å². The number of carbonyl (C=O) groups is 3. The SMILES string of the molecule is CCCCOc1ccc(C(=O)Nc2sc3c(c2C(=O)OC)CCN(C(C)=O)C3)cc1. The predicted molar refractivity (Wildman–Crippen MR) is 115 cm³/mol. The van der Waals surface area contributed by atoms with Gasteiger partial charge in [-0.3, -0.25) is 9.59 Å². The number of hydrogen-bond donors (Lipinski definition) is 1. The first-order chi connectivity index (χ1) is 14.4. The molecule has 1 aliphatic heterocycles. The van der Waals surface area contributed by atoms with E-state index in [9.17, 15) is 14.4 Å². The molecule has 2 heterocycles. The van der Waals surface area contributed by atoms with Crippen LogP contribution >= 0.6 is 11.3 Å². The third kappa shape index (κ3) is 4.81. The molecule has 0 atom stereocenters. The lowest BCUT2D eigenvalue weighted by atomic mass is 10.0. The van der Waals surface area contributed by atoms with Crippen molar-refractivity contribution in [3.05, 3.63) is 45.8 Å². The van der Waals surface area contributed by atoms with Crippen LogP contribution in [0.4, 0.5) is 5.00 Å². The highest BCUT2D eigenvalue weighted by Crippen LogP contribution is 2.38. The summed E-state index contributed by atoms with van der Waals surface area (Å²) in [5.74, 6) is -0.104. The van der Waals surface area contributed by atoms with Gasteiger partial charge in [-0.25, -0.2) is 4.79 Å². The number of anilines is 1. The normalized spacial score (nSPS) is 12.8. The summed E-state index contributed by atoms with van der Waals surface area (Å²) < 4.78 is 10.6. The maximum Gasteiger partial charge on any atom is 0.341 e. The Morgan fingerprint density at radius 1 is 1.20 bits per heavy atom. The fraction of sp³-hybridized carbons (Fsp3) is 0.409. The van der Waals surface area contributed by atoms with Gasteiger partial charge in [0.2, 0.25) is 5.91 Å². The molecule has 0 saturated carbocycles. The number of unbranched alkanes of at least 4 members (excludes halogenated alkanes) is 1. The second-order valence-corrected chi connectivity index (χ2v) is 8.18. The van der Waals surface area contributed by atoms with Crippen LogP contribution in [-0.2, 0) is 22.5 Å². The first-order valence-corrected chi connectivity index (χ1v) is 10.8. The third-order valence-corrected chi connectivity index (χ3v) is 6.13. The molecule has 0 unspecified atom stereocenters. The van der Waals surface area contributed by atoms with Crippen LogP contribution in [-0.4, -0.2) is 42.9 Å². The largest absolute Gasteiger partial charge is 0.494 e. The van der Waals surface area contributed by atoms with Crippen LogP contribution in [0.1, 0.15) is 57.8 Å². The average Bonchev–Trinajstić information content (AvgIpc) is 3.10. The lowest BCUT2D eigenvalue weighted by Crippen LogP contribution is -2.33. The molecule has 160 valence electrons. The van der Waals surface area contributed by atoms with Gasteiger partial charge in [0.05, 0.1) is 25.8 Å². The number of fused-ring (bicyclic) bond motifs is 1. The Morgan fingerprint density at radius 2 is 1.93 bits per heavy atom. The Balaban J connectivity index is 1.79. The zero-order chi connectivity index (χ0) is 21.7. The minimum Gasteiger partial charge on any atom is -0.494 e. The number of ether oxygens (including phenoxy) is 2. The maximum atomic E-state index is 12.8. The van der Waals surface area contributed by atoms with E-state index in [1.807, 2.05) is 0 Å². The predicted octanol–water partition coefficient (Wildman–Crippen LogP) is 3.87. The van der Waals surface area contributed by atoms with E-state index in [1.165, 1.54) is 25.4 Å². The van der Waals surface area contributed by atoms with Gasteiger partial charge in [-0.15, -0.1) is 11.3 Å². The van der Waals surface area contributed by atoms with Gasteiger partial charge in [0.25, 0.3) is 5.91 Å². The van der Waals surface area contributed by atoms with Crippen LogP contribution < -0.4 is 10.1 Å². The van der Waals surface area contributed by atoms with Crippen LogP contribution in [0, 0.1) is 0 Å². The number of benzene rings is 1. The fourth-order valence-corrected chi connectivity index (χ4v) is 4.54. The molecule has 3 rings (SSSR count). The molecule has 0 radical (unpaired) electrons. The number of nitrogens with zero attached hydrogens (tertiary/aromatic N) is 1. The summed E-state index contributed by atoms with van der Waals surface area (Å²) in [5, 5.41) is 3.30. The highest BCUT2D eigenvalue weighted by molar-refractivity contribution is 7.17. The number of hydrogen-bond acceptors (Lipinski definition) is 6. The van der Waals surface area contributed by atoms with Crippen molar-refractivity contribution in [1.82, 2.24) is 4.90 Å². The van der Waals surface area contributed by atoms with Crippen LogP contribution in [0.25, 0.3) is 0 Å². The van der Waals surface area contributed by atoms with Crippen molar-refractivity contribution in [3.8, 4) is 5.75 Å². The quantitative estimate of drug-likeness (QED) is 0.532. The second-order valence-electron chi connectivity index (χ2n) is 7.07. The summed E-state index contributed by atoms with van der Waals surface area (Å²) in [4.78, 5) is 39.5. The molecule has 1 aromatic heterocycles. The monoisotopic (exact) mass is 430 g/mol. The fourth-order valence-electron chi connectivity index (χ4n) is 3.29. The number of methoxy groups -OCH3 is 1. The van der Waals surface area contributed by atoms with Crippen molar-refractivity contribution in [2.45, 2.75) is 39.7 Å². The molecule has 0 saturated heterocycles. The van der Waals surface area contributed by atoms with Crippen LogP contribution in [0.3, 0.4) is 0 Å². The highest BCUT2D eigenvalue weighted by atomic mass is 32.1. The maximum absolute atomic E-state index is 12.8. The van der Waals surface area contributed by atoms with Crippen molar-refractivity contribution in [2.24, 2.45) is 0 Å². The van der Waals surface area contributed by atoms with Crippen molar-refractivity contribution >= 4 is 34.1 Å². The molecule has 7 nitrogen and oxygen atoms in total. The topological polar surface area (TPSA) is 84.9 Å². The molecule has 1 aliphatic rings. The van der Waals surface area contributed by atoms with E-state index in [2.05, 4.69) is 12.2 Å². The smallest absolute Gasteiger partial charge is 0.341 e. The summed E-state index contributed by atoms with van der Waals surface area (Å²) in [5.41, 5.74) is 1.69. The van der Waals surface area contributed by atoms with E-state index in [4.69, 9.17) is 9.47 Å². The minimum atomic E-state index is -0.487. The number of carbonyl (C=O) groups excluding carboxylic acids is 3. The standard InChI is InChI=1S/C22H26N2O5S/c1-4-5-12-29-16-8-6-15(7-9-16)20(26)23-21-19(22(27)28-3)17-10-11-24(14(2)25)13-18(17)30-21/h6-9H,4-5,10-13H2,1-3H3,(H,23,26). The van der Waals surface area contributed by atoms with Crippen LogP contribution in [0.15, 0.2) is 24.3 Å². The summed E-state index contributed by atoms with van der Waals surface area (Å²) in [6, 6.07) is 6.91. The van der Waals surface area contributed by atoms with E-state index in [-0.39, 0.29) is 11.8 Å². The zero-order valence-electron chi connectivity index (χ0n) is 17.4. The highest BCUT2D eigenvalue weighted by Gasteiger charge is 2.30. The van der Waals surface area contributed by atoms with Gasteiger partial charge in [-0.05, 0) is 42.7 Å². The van der Waals surface area contributed by atoms with Gasteiger partial charge in [-0.1, -0.05) is 13.3 Å². The van der Waals surface area contributed by atoms with Gasteiger partial charge in [-0.2, -0.15) is 0 Å². The van der Waals surface area contributed by atoms with Gasteiger partial charge < -0.3 is 19.7 Å². The van der Waals surface area contributed by atoms with Gasteiger partial charge in [0.1, 0.15) is 10.8 Å². The molecule has 0 fully saturated rings. The molecular weight excluding hydrogens is 404 g/mol. The van der Waals surface area contributed by atoms with E-state index in [1.54, 1.807) is 29.2 Å². The number of nitrogens with one attached hydrogen (secondary N) is 1. The molecule has 1 aromatic carbocycles. The summed E-state index contributed by atoms with van der Waals surface area (Å²) >= 11 is 1.32. The second kappa shape index (κ2) is 9.75. The molecule has 2 aromatic rings. The Morgan fingerprint density at radius 3 is 2.57 bits per heavy atom. The van der Waals surface area contributed by atoms with E-state index >= 15 is 0 Å². The third-order valence-electron chi connectivity index (χ3n) is 5.00. The zero-order valence-corrected chi connectivity index (χ0v) is 18.3. The summed E-state index contributed by atoms with van der Waals surface area (Å²) in [6.07, 6.45) is 2.58. The van der Waals surface area contributed by atoms with E-state index in [0.29, 0.717) is 48.0 Å². The molecule has 0 spiro atoms.